The topological polar surface area (TPSA) is 46.8 Å². The Morgan fingerprint density at radius 2 is 2.06 bits per heavy atom. The third-order valence-corrected chi connectivity index (χ3v) is 4.27. The zero-order valence-electron chi connectivity index (χ0n) is 10.2. The lowest BCUT2D eigenvalue weighted by atomic mass is 9.96. The fourth-order valence-electron chi connectivity index (χ4n) is 2.90. The summed E-state index contributed by atoms with van der Waals surface area (Å²) in [7, 11) is 3.92. The third kappa shape index (κ3) is 1.06. The highest BCUT2D eigenvalue weighted by Crippen LogP contribution is 2.58. The first-order valence-electron chi connectivity index (χ1n) is 5.94. The molecular weight excluding hydrogens is 250 g/mol. The van der Waals surface area contributed by atoms with Crippen molar-refractivity contribution in [2.24, 2.45) is 7.05 Å². The Balaban J connectivity index is 2.09. The van der Waals surface area contributed by atoms with Crippen LogP contribution in [-0.4, -0.2) is 27.0 Å². The maximum absolute atomic E-state index is 6.26. The minimum Gasteiger partial charge on any atom is -0.360 e. The van der Waals surface area contributed by atoms with Gasteiger partial charge in [0.1, 0.15) is 11.4 Å². The van der Waals surface area contributed by atoms with E-state index in [1.807, 2.05) is 13.1 Å². The van der Waals surface area contributed by atoms with E-state index in [9.17, 15) is 0 Å². The molecule has 0 atom stereocenters. The second kappa shape index (κ2) is 3.03. The van der Waals surface area contributed by atoms with Gasteiger partial charge in [0.05, 0.1) is 11.2 Å². The molecule has 3 heterocycles. The monoisotopic (exact) mass is 261 g/mol. The number of rotatable bonds is 0. The highest BCUT2D eigenvalue weighted by Gasteiger charge is 2.55. The lowest BCUT2D eigenvalue weighted by Crippen LogP contribution is -2.35. The summed E-state index contributed by atoms with van der Waals surface area (Å²) in [6.45, 7) is 0. The van der Waals surface area contributed by atoms with Crippen LogP contribution >= 0.6 is 11.6 Å². The molecule has 5 nitrogen and oxygen atoms in total. The summed E-state index contributed by atoms with van der Waals surface area (Å²) in [5.41, 5.74) is 4.01. The SMILES string of the molecule is CN1c2c(ccnc2Cl)-c2nn(C)nc2C12CC2. The molecule has 1 aliphatic carbocycles. The first-order valence-corrected chi connectivity index (χ1v) is 6.32. The first-order chi connectivity index (χ1) is 8.63. The van der Waals surface area contributed by atoms with Gasteiger partial charge in [-0.3, -0.25) is 0 Å². The maximum Gasteiger partial charge on any atom is 0.152 e. The zero-order valence-corrected chi connectivity index (χ0v) is 10.9. The van der Waals surface area contributed by atoms with Crippen molar-refractivity contribution >= 4 is 17.3 Å². The Labute approximate surface area is 109 Å². The van der Waals surface area contributed by atoms with Gasteiger partial charge in [0.2, 0.25) is 0 Å². The molecule has 6 heteroatoms. The van der Waals surface area contributed by atoms with E-state index >= 15 is 0 Å². The molecule has 18 heavy (non-hydrogen) atoms. The van der Waals surface area contributed by atoms with E-state index in [0.29, 0.717) is 5.15 Å². The van der Waals surface area contributed by atoms with Crippen LogP contribution in [0.3, 0.4) is 0 Å². The summed E-state index contributed by atoms with van der Waals surface area (Å²) in [6.07, 6.45) is 3.91. The molecule has 1 spiro atoms. The summed E-state index contributed by atoms with van der Waals surface area (Å²) in [6, 6.07) is 1.96. The zero-order chi connectivity index (χ0) is 12.5. The summed E-state index contributed by atoms with van der Waals surface area (Å²) in [5, 5.41) is 9.58. The summed E-state index contributed by atoms with van der Waals surface area (Å²) in [4.78, 5) is 8.04. The third-order valence-electron chi connectivity index (χ3n) is 3.99. The predicted molar refractivity (Wildman–Crippen MR) is 68.6 cm³/mol. The highest BCUT2D eigenvalue weighted by molar-refractivity contribution is 6.32. The number of hydrogen-bond donors (Lipinski definition) is 0. The van der Waals surface area contributed by atoms with Gasteiger partial charge in [0, 0.05) is 25.9 Å². The van der Waals surface area contributed by atoms with E-state index in [1.165, 1.54) is 0 Å². The fraction of sp³-hybridized carbons (Fsp3) is 0.417. The van der Waals surface area contributed by atoms with Crippen LogP contribution in [0.2, 0.25) is 5.15 Å². The number of pyridine rings is 1. The van der Waals surface area contributed by atoms with E-state index < -0.39 is 0 Å². The standard InChI is InChI=1S/C12H12ClN5/c1-17-9-7(3-6-14-11(9)13)8-10(12(17)4-5-12)16-18(2)15-8/h3,6H,4-5H2,1-2H3. The Bertz CT molecular complexity index is 658. The van der Waals surface area contributed by atoms with Crippen molar-refractivity contribution in [3.8, 4) is 11.3 Å². The van der Waals surface area contributed by atoms with Gasteiger partial charge < -0.3 is 4.90 Å². The minimum atomic E-state index is -0.0106. The summed E-state index contributed by atoms with van der Waals surface area (Å²) < 4.78 is 0. The van der Waals surface area contributed by atoms with Gasteiger partial charge in [0.25, 0.3) is 0 Å². The van der Waals surface area contributed by atoms with Crippen LogP contribution in [0.15, 0.2) is 12.3 Å². The van der Waals surface area contributed by atoms with Crippen molar-refractivity contribution in [2.75, 3.05) is 11.9 Å². The molecule has 0 N–H and O–H groups in total. The van der Waals surface area contributed by atoms with Gasteiger partial charge in [-0.15, -0.1) is 0 Å². The molecule has 2 aromatic heterocycles. The Hall–Kier alpha value is -1.62. The Kier molecular flexibility index (Phi) is 1.74. The Morgan fingerprint density at radius 3 is 2.78 bits per heavy atom. The number of hydrogen-bond acceptors (Lipinski definition) is 4. The first kappa shape index (κ1) is 10.3. The minimum absolute atomic E-state index is 0.0106. The molecule has 92 valence electrons. The van der Waals surface area contributed by atoms with Gasteiger partial charge in [-0.1, -0.05) is 11.6 Å². The molecule has 1 aliphatic heterocycles. The average molecular weight is 262 g/mol. The van der Waals surface area contributed by atoms with E-state index in [0.717, 1.165) is 35.5 Å². The number of aryl methyl sites for hydroxylation is 1. The van der Waals surface area contributed by atoms with Crippen LogP contribution in [0.25, 0.3) is 11.3 Å². The van der Waals surface area contributed by atoms with Crippen molar-refractivity contribution in [2.45, 2.75) is 18.4 Å². The predicted octanol–water partition coefficient (Wildman–Crippen LogP) is 1.97. The van der Waals surface area contributed by atoms with Gasteiger partial charge >= 0.3 is 0 Å². The highest BCUT2D eigenvalue weighted by atomic mass is 35.5. The number of aromatic nitrogens is 4. The smallest absolute Gasteiger partial charge is 0.152 e. The maximum atomic E-state index is 6.26. The van der Waals surface area contributed by atoms with Crippen LogP contribution in [-0.2, 0) is 12.6 Å². The van der Waals surface area contributed by atoms with Gasteiger partial charge in [-0.2, -0.15) is 15.0 Å². The fourth-order valence-corrected chi connectivity index (χ4v) is 3.19. The summed E-state index contributed by atoms with van der Waals surface area (Å²) in [5.74, 6) is 0. The average Bonchev–Trinajstić information content (AvgIpc) is 3.04. The molecular formula is C12H12ClN5. The second-order valence-electron chi connectivity index (χ2n) is 4.98. The molecule has 0 radical (unpaired) electrons. The van der Waals surface area contributed by atoms with Gasteiger partial charge in [-0.25, -0.2) is 4.98 Å². The molecule has 4 rings (SSSR count). The van der Waals surface area contributed by atoms with Crippen molar-refractivity contribution in [1.82, 2.24) is 20.0 Å². The van der Waals surface area contributed by atoms with Crippen LogP contribution in [0, 0.1) is 0 Å². The number of halogens is 1. The van der Waals surface area contributed by atoms with Crippen molar-refractivity contribution in [3.05, 3.63) is 23.1 Å². The van der Waals surface area contributed by atoms with E-state index in [2.05, 4.69) is 27.1 Å². The van der Waals surface area contributed by atoms with E-state index in [1.54, 1.807) is 11.0 Å². The molecule has 0 unspecified atom stereocenters. The molecule has 2 aliphatic rings. The molecule has 0 bridgehead atoms. The number of anilines is 1. The molecule has 2 aromatic rings. The van der Waals surface area contributed by atoms with E-state index in [4.69, 9.17) is 11.6 Å². The second-order valence-corrected chi connectivity index (χ2v) is 5.33. The van der Waals surface area contributed by atoms with Crippen molar-refractivity contribution in [1.29, 1.82) is 0 Å². The van der Waals surface area contributed by atoms with E-state index in [-0.39, 0.29) is 5.54 Å². The van der Waals surface area contributed by atoms with Crippen LogP contribution < -0.4 is 4.90 Å². The lowest BCUT2D eigenvalue weighted by Gasteiger charge is -2.34. The van der Waals surface area contributed by atoms with Crippen LogP contribution in [0.5, 0.6) is 0 Å². The molecule has 1 fully saturated rings. The normalized spacial score (nSPS) is 18.7. The number of nitrogens with zero attached hydrogens (tertiary/aromatic N) is 5. The molecule has 0 aromatic carbocycles. The van der Waals surface area contributed by atoms with Crippen LogP contribution in [0.4, 0.5) is 5.69 Å². The molecule has 1 saturated carbocycles. The van der Waals surface area contributed by atoms with Crippen LogP contribution in [0.1, 0.15) is 18.5 Å². The summed E-state index contributed by atoms with van der Waals surface area (Å²) >= 11 is 6.26. The quantitative estimate of drug-likeness (QED) is 0.681. The Morgan fingerprint density at radius 1 is 1.28 bits per heavy atom. The van der Waals surface area contributed by atoms with Gasteiger partial charge in [-0.05, 0) is 18.9 Å². The largest absolute Gasteiger partial charge is 0.360 e. The number of fused-ring (bicyclic) bond motifs is 4. The van der Waals surface area contributed by atoms with Gasteiger partial charge in [0.15, 0.2) is 5.15 Å². The molecule has 0 saturated heterocycles. The van der Waals surface area contributed by atoms with Crippen molar-refractivity contribution < 1.29 is 0 Å². The molecule has 0 amide bonds. The van der Waals surface area contributed by atoms with Crippen molar-refractivity contribution in [3.63, 3.8) is 0 Å². The lowest BCUT2D eigenvalue weighted by molar-refractivity contribution is 0.598.